The van der Waals surface area contributed by atoms with Gasteiger partial charge < -0.3 is 20.5 Å². The Hall–Kier alpha value is -3.62. The van der Waals surface area contributed by atoms with E-state index in [0.29, 0.717) is 5.75 Å². The predicted molar refractivity (Wildman–Crippen MR) is 93.3 cm³/mol. The number of nitrogens with two attached hydrogens (primary N) is 1. The summed E-state index contributed by atoms with van der Waals surface area (Å²) >= 11 is 0. The van der Waals surface area contributed by atoms with E-state index in [2.05, 4.69) is 5.32 Å². The third-order valence-corrected chi connectivity index (χ3v) is 3.45. The van der Waals surface area contributed by atoms with Crippen LogP contribution in [0.5, 0.6) is 11.5 Å². The van der Waals surface area contributed by atoms with E-state index in [1.54, 1.807) is 6.07 Å². The molecule has 0 saturated carbocycles. The molecule has 9 nitrogen and oxygen atoms in total. The largest absolute Gasteiger partial charge is 0.497 e. The van der Waals surface area contributed by atoms with Gasteiger partial charge in [0.1, 0.15) is 11.5 Å². The lowest BCUT2D eigenvalue weighted by atomic mass is 10.1. The maximum atomic E-state index is 12.3. The number of ether oxygens (including phenoxy) is 2. The van der Waals surface area contributed by atoms with Crippen molar-refractivity contribution in [3.8, 4) is 11.5 Å². The minimum atomic E-state index is -1.00. The summed E-state index contributed by atoms with van der Waals surface area (Å²) in [4.78, 5) is 34.0. The maximum absolute atomic E-state index is 12.3. The maximum Gasteiger partial charge on any atom is 0.271 e. The second-order valence-corrected chi connectivity index (χ2v) is 5.28. The van der Waals surface area contributed by atoms with E-state index < -0.39 is 22.8 Å². The number of methoxy groups -OCH3 is 1. The van der Waals surface area contributed by atoms with Crippen molar-refractivity contribution in [1.82, 2.24) is 0 Å². The zero-order valence-corrected chi connectivity index (χ0v) is 14.1. The Bertz CT molecular complexity index is 852. The fourth-order valence-electron chi connectivity index (χ4n) is 2.12. The number of hydrogen-bond donors (Lipinski definition) is 2. The van der Waals surface area contributed by atoms with Gasteiger partial charge in [0.05, 0.1) is 17.6 Å². The molecule has 0 aliphatic heterocycles. The van der Waals surface area contributed by atoms with Crippen LogP contribution in [0.25, 0.3) is 0 Å². The molecule has 3 N–H and O–H groups in total. The van der Waals surface area contributed by atoms with Gasteiger partial charge >= 0.3 is 0 Å². The molecule has 26 heavy (non-hydrogen) atoms. The van der Waals surface area contributed by atoms with Crippen molar-refractivity contribution >= 4 is 23.2 Å². The number of nitro groups is 1. The number of non-ortho nitro benzene ring substituents is 1. The van der Waals surface area contributed by atoms with Crippen LogP contribution in [0.4, 0.5) is 11.4 Å². The molecule has 0 fully saturated rings. The standard InChI is InChI=1S/C17H17N3O6/c1-10(17(22)19-11-4-3-5-12(8-11)20(23)24)26-15-9-13(25-2)6-7-14(15)16(18)21/h3-10H,1-2H3,(H2,18,21)(H,19,22). The Morgan fingerprint density at radius 2 is 1.96 bits per heavy atom. The molecule has 1 atom stereocenters. The van der Waals surface area contributed by atoms with Gasteiger partial charge in [-0.2, -0.15) is 0 Å². The van der Waals surface area contributed by atoms with Crippen LogP contribution in [0.15, 0.2) is 42.5 Å². The highest BCUT2D eigenvalue weighted by Gasteiger charge is 2.19. The molecule has 0 aliphatic rings. The van der Waals surface area contributed by atoms with Crippen LogP contribution in [0.2, 0.25) is 0 Å². The third kappa shape index (κ3) is 4.47. The first-order chi connectivity index (χ1) is 12.3. The highest BCUT2D eigenvalue weighted by atomic mass is 16.6. The SMILES string of the molecule is COc1ccc(C(N)=O)c(OC(C)C(=O)Nc2cccc([N+](=O)[O-])c2)c1. The number of nitrogens with one attached hydrogen (secondary N) is 1. The summed E-state index contributed by atoms with van der Waals surface area (Å²) < 4.78 is 10.6. The quantitative estimate of drug-likeness (QED) is 0.574. The topological polar surface area (TPSA) is 134 Å². The number of anilines is 1. The molecule has 0 aliphatic carbocycles. The second kappa shape index (κ2) is 7.97. The molecule has 9 heteroatoms. The Balaban J connectivity index is 2.15. The van der Waals surface area contributed by atoms with Gasteiger partial charge in [0.25, 0.3) is 17.5 Å². The van der Waals surface area contributed by atoms with Crippen molar-refractivity contribution < 1.29 is 24.0 Å². The summed E-state index contributed by atoms with van der Waals surface area (Å²) in [5.74, 6) is -0.743. The molecule has 2 rings (SSSR count). The van der Waals surface area contributed by atoms with Crippen molar-refractivity contribution in [2.24, 2.45) is 5.73 Å². The molecular formula is C17H17N3O6. The highest BCUT2D eigenvalue weighted by Crippen LogP contribution is 2.26. The number of carbonyl (C=O) groups excluding carboxylic acids is 2. The zero-order chi connectivity index (χ0) is 19.3. The molecule has 0 bridgehead atoms. The first-order valence-corrected chi connectivity index (χ1v) is 7.51. The van der Waals surface area contributed by atoms with Crippen LogP contribution in [0.1, 0.15) is 17.3 Å². The Morgan fingerprint density at radius 1 is 1.23 bits per heavy atom. The minimum absolute atomic E-state index is 0.0959. The summed E-state index contributed by atoms with van der Waals surface area (Å²) in [5, 5.41) is 13.3. The van der Waals surface area contributed by atoms with E-state index >= 15 is 0 Å². The van der Waals surface area contributed by atoms with Crippen molar-refractivity contribution in [1.29, 1.82) is 0 Å². The van der Waals surface area contributed by atoms with Crippen LogP contribution in [0, 0.1) is 10.1 Å². The number of benzene rings is 2. The number of nitrogens with zero attached hydrogens (tertiary/aromatic N) is 1. The van der Waals surface area contributed by atoms with Crippen LogP contribution < -0.4 is 20.5 Å². The van der Waals surface area contributed by atoms with Gasteiger partial charge in [0.15, 0.2) is 6.10 Å². The summed E-state index contributed by atoms with van der Waals surface area (Å²) in [7, 11) is 1.45. The Kier molecular flexibility index (Phi) is 5.74. The number of nitro benzene ring substituents is 1. The van der Waals surface area contributed by atoms with E-state index in [1.807, 2.05) is 0 Å². The third-order valence-electron chi connectivity index (χ3n) is 3.45. The summed E-state index contributed by atoms with van der Waals surface area (Å²) in [6.07, 6.45) is -1.00. The van der Waals surface area contributed by atoms with E-state index in [9.17, 15) is 19.7 Å². The fourth-order valence-corrected chi connectivity index (χ4v) is 2.12. The molecule has 0 heterocycles. The van der Waals surface area contributed by atoms with Crippen molar-refractivity contribution in [3.63, 3.8) is 0 Å². The van der Waals surface area contributed by atoms with Crippen molar-refractivity contribution in [2.45, 2.75) is 13.0 Å². The van der Waals surface area contributed by atoms with E-state index in [0.717, 1.165) is 0 Å². The summed E-state index contributed by atoms with van der Waals surface area (Å²) in [6, 6.07) is 9.92. The second-order valence-electron chi connectivity index (χ2n) is 5.28. The van der Waals surface area contributed by atoms with Crippen molar-refractivity contribution in [2.75, 3.05) is 12.4 Å². The van der Waals surface area contributed by atoms with Crippen LogP contribution in [-0.4, -0.2) is 30.0 Å². The molecule has 2 aromatic rings. The average Bonchev–Trinajstić information content (AvgIpc) is 2.61. The summed E-state index contributed by atoms with van der Waals surface area (Å²) in [5.41, 5.74) is 5.50. The summed E-state index contributed by atoms with van der Waals surface area (Å²) in [6.45, 7) is 1.47. The zero-order valence-electron chi connectivity index (χ0n) is 14.1. The molecular weight excluding hydrogens is 342 g/mol. The molecule has 0 aromatic heterocycles. The molecule has 0 saturated heterocycles. The van der Waals surface area contributed by atoms with Gasteiger partial charge in [0, 0.05) is 23.9 Å². The number of primary amides is 1. The molecule has 2 aromatic carbocycles. The Morgan fingerprint density at radius 3 is 2.58 bits per heavy atom. The van der Waals surface area contributed by atoms with Gasteiger partial charge in [-0.05, 0) is 25.1 Å². The Labute approximate surface area is 148 Å². The monoisotopic (exact) mass is 359 g/mol. The minimum Gasteiger partial charge on any atom is -0.497 e. The van der Waals surface area contributed by atoms with Gasteiger partial charge in [0.2, 0.25) is 0 Å². The lowest BCUT2D eigenvalue weighted by molar-refractivity contribution is -0.384. The van der Waals surface area contributed by atoms with E-state index in [4.69, 9.17) is 15.2 Å². The van der Waals surface area contributed by atoms with Gasteiger partial charge in [-0.15, -0.1) is 0 Å². The van der Waals surface area contributed by atoms with Crippen LogP contribution in [-0.2, 0) is 4.79 Å². The lowest BCUT2D eigenvalue weighted by Crippen LogP contribution is -2.31. The van der Waals surface area contributed by atoms with E-state index in [1.165, 1.54) is 50.4 Å². The fraction of sp³-hybridized carbons (Fsp3) is 0.176. The lowest BCUT2D eigenvalue weighted by Gasteiger charge is -2.17. The first kappa shape index (κ1) is 18.7. The van der Waals surface area contributed by atoms with Gasteiger partial charge in [-0.1, -0.05) is 6.07 Å². The van der Waals surface area contributed by atoms with Crippen LogP contribution in [0.3, 0.4) is 0 Å². The number of carbonyl (C=O) groups is 2. The first-order valence-electron chi connectivity index (χ1n) is 7.51. The number of hydrogen-bond acceptors (Lipinski definition) is 6. The number of rotatable bonds is 7. The molecule has 0 radical (unpaired) electrons. The molecule has 0 spiro atoms. The highest BCUT2D eigenvalue weighted by molar-refractivity contribution is 5.97. The van der Waals surface area contributed by atoms with Gasteiger partial charge in [-0.3, -0.25) is 19.7 Å². The smallest absolute Gasteiger partial charge is 0.271 e. The normalized spacial score (nSPS) is 11.3. The predicted octanol–water partition coefficient (Wildman–Crippen LogP) is 2.11. The molecule has 136 valence electrons. The molecule has 1 unspecified atom stereocenters. The molecule has 2 amide bonds. The average molecular weight is 359 g/mol. The van der Waals surface area contributed by atoms with E-state index in [-0.39, 0.29) is 22.7 Å². The number of amides is 2. The van der Waals surface area contributed by atoms with Crippen LogP contribution >= 0.6 is 0 Å². The van der Waals surface area contributed by atoms with Gasteiger partial charge in [-0.25, -0.2) is 0 Å². The van der Waals surface area contributed by atoms with Crippen molar-refractivity contribution in [3.05, 3.63) is 58.1 Å².